The average molecular weight is 588 g/mol. The van der Waals surface area contributed by atoms with Gasteiger partial charge in [-0.15, -0.1) is 10.2 Å². The topological polar surface area (TPSA) is 106 Å². The monoisotopic (exact) mass is 587 g/mol. The van der Waals surface area contributed by atoms with Gasteiger partial charge in [0.05, 0.1) is 29.5 Å². The smallest absolute Gasteiger partial charge is 0.360 e. The molecule has 10 nitrogen and oxygen atoms in total. The SMILES string of the molecule is CCOC(=O)c1nc(N(C)c2cc(C)c(Nc3nc4ccccc4s3)nn2)sc1N1CC(OCc2ccccc2)C1. The number of hydrogen-bond donors (Lipinski definition) is 1. The van der Waals surface area contributed by atoms with Crippen LogP contribution in [0, 0.1) is 6.92 Å². The van der Waals surface area contributed by atoms with E-state index in [9.17, 15) is 4.79 Å². The third-order valence-corrected chi connectivity index (χ3v) is 8.80. The van der Waals surface area contributed by atoms with E-state index in [1.807, 2.05) is 67.4 Å². The van der Waals surface area contributed by atoms with Crippen LogP contribution in [0.4, 0.5) is 26.9 Å². The molecule has 1 N–H and O–H groups in total. The molecule has 41 heavy (non-hydrogen) atoms. The fourth-order valence-electron chi connectivity index (χ4n) is 4.37. The van der Waals surface area contributed by atoms with Crippen molar-refractivity contribution in [2.45, 2.75) is 26.6 Å². The Kier molecular flexibility index (Phi) is 7.77. The van der Waals surface area contributed by atoms with Gasteiger partial charge in [-0.2, -0.15) is 0 Å². The number of ether oxygens (including phenoxy) is 2. The molecular formula is C29H29N7O3S2. The fraction of sp³-hybridized carbons (Fsp3) is 0.276. The van der Waals surface area contributed by atoms with Crippen molar-refractivity contribution in [3.05, 3.63) is 77.5 Å². The number of aromatic nitrogens is 4. The molecule has 4 heterocycles. The predicted molar refractivity (Wildman–Crippen MR) is 163 cm³/mol. The van der Waals surface area contributed by atoms with Gasteiger partial charge in [0.2, 0.25) is 0 Å². The number of nitrogens with one attached hydrogen (secondary N) is 1. The van der Waals surface area contributed by atoms with Gasteiger partial charge in [0.15, 0.2) is 27.6 Å². The van der Waals surface area contributed by atoms with E-state index in [4.69, 9.17) is 9.47 Å². The summed E-state index contributed by atoms with van der Waals surface area (Å²) in [5.74, 6) is 0.806. The van der Waals surface area contributed by atoms with Crippen LogP contribution >= 0.6 is 22.7 Å². The molecule has 0 saturated carbocycles. The van der Waals surface area contributed by atoms with Crippen LogP contribution in [0.2, 0.25) is 0 Å². The highest BCUT2D eigenvalue weighted by atomic mass is 32.1. The van der Waals surface area contributed by atoms with Crippen molar-refractivity contribution in [1.29, 1.82) is 0 Å². The van der Waals surface area contributed by atoms with Gasteiger partial charge in [0, 0.05) is 20.1 Å². The van der Waals surface area contributed by atoms with Crippen LogP contribution in [0.25, 0.3) is 10.2 Å². The lowest BCUT2D eigenvalue weighted by Gasteiger charge is -2.39. The van der Waals surface area contributed by atoms with Crippen molar-refractivity contribution in [2.24, 2.45) is 0 Å². The van der Waals surface area contributed by atoms with Gasteiger partial charge >= 0.3 is 5.97 Å². The van der Waals surface area contributed by atoms with E-state index in [1.54, 1.807) is 18.3 Å². The van der Waals surface area contributed by atoms with Gasteiger partial charge in [-0.3, -0.25) is 0 Å². The molecule has 1 aliphatic heterocycles. The van der Waals surface area contributed by atoms with Crippen LogP contribution < -0.4 is 15.1 Å². The summed E-state index contributed by atoms with van der Waals surface area (Å²) in [6, 6.07) is 20.0. The average Bonchev–Trinajstić information content (AvgIpc) is 3.58. The molecule has 0 spiro atoms. The third-order valence-electron chi connectivity index (χ3n) is 6.65. The largest absolute Gasteiger partial charge is 0.461 e. The number of esters is 1. The first-order valence-electron chi connectivity index (χ1n) is 13.3. The van der Waals surface area contributed by atoms with Crippen LogP contribution in [-0.2, 0) is 16.1 Å². The second-order valence-electron chi connectivity index (χ2n) is 9.60. The first-order valence-corrected chi connectivity index (χ1v) is 14.9. The zero-order valence-electron chi connectivity index (χ0n) is 22.9. The Morgan fingerprint density at radius 1 is 1.07 bits per heavy atom. The number of rotatable bonds is 10. The van der Waals surface area contributed by atoms with Crippen molar-refractivity contribution in [3.8, 4) is 0 Å². The minimum Gasteiger partial charge on any atom is -0.461 e. The molecule has 0 amide bonds. The fourth-order valence-corrected chi connectivity index (χ4v) is 6.28. The quantitative estimate of drug-likeness (QED) is 0.197. The first kappa shape index (κ1) is 27.1. The number of hydrogen-bond acceptors (Lipinski definition) is 12. The third kappa shape index (κ3) is 5.85. The maximum Gasteiger partial charge on any atom is 0.360 e. The van der Waals surface area contributed by atoms with Crippen LogP contribution in [0.5, 0.6) is 0 Å². The summed E-state index contributed by atoms with van der Waals surface area (Å²) in [5, 5.41) is 14.3. The van der Waals surface area contributed by atoms with Crippen molar-refractivity contribution < 1.29 is 14.3 Å². The molecule has 0 radical (unpaired) electrons. The molecule has 1 saturated heterocycles. The van der Waals surface area contributed by atoms with E-state index < -0.39 is 5.97 Å². The van der Waals surface area contributed by atoms with Crippen LogP contribution in [0.15, 0.2) is 60.7 Å². The molecule has 0 bridgehead atoms. The lowest BCUT2D eigenvalue weighted by molar-refractivity contribution is 0.0224. The molecule has 1 fully saturated rings. The molecular weight excluding hydrogens is 558 g/mol. The van der Waals surface area contributed by atoms with Gasteiger partial charge in [0.25, 0.3) is 0 Å². The number of aryl methyl sites for hydroxylation is 1. The molecule has 6 rings (SSSR count). The van der Waals surface area contributed by atoms with Crippen molar-refractivity contribution >= 4 is 65.8 Å². The van der Waals surface area contributed by atoms with E-state index in [0.29, 0.717) is 42.2 Å². The number of anilines is 5. The second kappa shape index (κ2) is 11.8. The predicted octanol–water partition coefficient (Wildman–Crippen LogP) is 5.94. The Bertz CT molecular complexity index is 1630. The maximum absolute atomic E-state index is 12.8. The van der Waals surface area contributed by atoms with Crippen molar-refractivity contribution in [2.75, 3.05) is 41.9 Å². The van der Waals surface area contributed by atoms with Crippen LogP contribution in [0.1, 0.15) is 28.5 Å². The normalized spacial score (nSPS) is 13.3. The maximum atomic E-state index is 12.8. The highest BCUT2D eigenvalue weighted by molar-refractivity contribution is 7.22. The van der Waals surface area contributed by atoms with E-state index in [0.717, 1.165) is 31.5 Å². The number of nitrogens with zero attached hydrogens (tertiary/aromatic N) is 6. The first-order chi connectivity index (χ1) is 20.0. The molecule has 0 atom stereocenters. The van der Waals surface area contributed by atoms with Gasteiger partial charge in [-0.25, -0.2) is 14.8 Å². The van der Waals surface area contributed by atoms with Gasteiger partial charge < -0.3 is 24.6 Å². The summed E-state index contributed by atoms with van der Waals surface area (Å²) in [6.07, 6.45) is 0.0810. The van der Waals surface area contributed by atoms with E-state index in [-0.39, 0.29) is 12.7 Å². The van der Waals surface area contributed by atoms with E-state index >= 15 is 0 Å². The number of carbonyl (C=O) groups is 1. The summed E-state index contributed by atoms with van der Waals surface area (Å²) >= 11 is 2.99. The van der Waals surface area contributed by atoms with Crippen LogP contribution in [0.3, 0.4) is 0 Å². The Balaban J connectivity index is 1.16. The number of benzene rings is 2. The zero-order valence-corrected chi connectivity index (χ0v) is 24.5. The Morgan fingerprint density at radius 2 is 1.85 bits per heavy atom. The van der Waals surface area contributed by atoms with E-state index in [2.05, 4.69) is 42.5 Å². The summed E-state index contributed by atoms with van der Waals surface area (Å²) in [4.78, 5) is 26.1. The summed E-state index contributed by atoms with van der Waals surface area (Å²) in [6.45, 7) is 5.94. The molecule has 12 heteroatoms. The van der Waals surface area contributed by atoms with E-state index in [1.165, 1.54) is 11.3 Å². The molecule has 5 aromatic rings. The summed E-state index contributed by atoms with van der Waals surface area (Å²) in [7, 11) is 1.86. The Morgan fingerprint density at radius 3 is 2.61 bits per heavy atom. The molecule has 0 aliphatic carbocycles. The molecule has 1 aliphatic rings. The lowest BCUT2D eigenvalue weighted by atomic mass is 10.1. The molecule has 3 aromatic heterocycles. The Hall–Kier alpha value is -4.13. The summed E-state index contributed by atoms with van der Waals surface area (Å²) < 4.78 is 12.5. The highest BCUT2D eigenvalue weighted by Gasteiger charge is 2.34. The molecule has 210 valence electrons. The van der Waals surface area contributed by atoms with Crippen LogP contribution in [-0.4, -0.2) is 59.0 Å². The standard InChI is InChI=1S/C29H29N7O3S2/c1-4-38-27(37)24-26(36-15-20(16-36)39-17-19-10-6-5-7-11-19)41-29(31-24)35(3)23-14-18(2)25(34-33-23)32-28-30-21-12-8-9-13-22(21)40-28/h5-14,20H,4,15-17H2,1-3H3,(H,30,32,34). The Labute approximate surface area is 245 Å². The van der Waals surface area contributed by atoms with Gasteiger partial charge in [0.1, 0.15) is 5.00 Å². The molecule has 0 unspecified atom stereocenters. The van der Waals surface area contributed by atoms with Gasteiger partial charge in [-0.05, 0) is 43.2 Å². The van der Waals surface area contributed by atoms with Crippen molar-refractivity contribution in [1.82, 2.24) is 20.2 Å². The highest BCUT2D eigenvalue weighted by Crippen LogP contribution is 2.39. The van der Waals surface area contributed by atoms with Gasteiger partial charge in [-0.1, -0.05) is 65.1 Å². The lowest BCUT2D eigenvalue weighted by Crippen LogP contribution is -2.52. The minimum absolute atomic E-state index is 0.0810. The number of fused-ring (bicyclic) bond motifs is 1. The number of para-hydroxylation sites is 1. The van der Waals surface area contributed by atoms with Crippen molar-refractivity contribution in [3.63, 3.8) is 0 Å². The number of thiazole rings is 2. The minimum atomic E-state index is -0.440. The summed E-state index contributed by atoms with van der Waals surface area (Å²) in [5.41, 5.74) is 3.29. The molecule has 2 aromatic carbocycles. The zero-order chi connectivity index (χ0) is 28.3. The number of carbonyl (C=O) groups excluding carboxylic acids is 1. The second-order valence-corrected chi connectivity index (χ2v) is 11.6.